The maximum Gasteiger partial charge on any atom is 0.311 e. The van der Waals surface area contributed by atoms with Gasteiger partial charge in [0.2, 0.25) is 5.91 Å². The number of nitrogens with one attached hydrogen (secondary N) is 1. The zero-order chi connectivity index (χ0) is 17.1. The number of rotatable bonds is 4. The Kier molecular flexibility index (Phi) is 5.21. The quantitative estimate of drug-likeness (QED) is 0.594. The average molecular weight is 409 g/mol. The van der Waals surface area contributed by atoms with Crippen molar-refractivity contribution in [3.63, 3.8) is 0 Å². The standard InChI is InChI=1S/C18H15BrClNO3/c19-13-6-7-16(14(20)10-13)24-17(22)8-5-12-9-11-3-1-2-4-15(11)21-18(12)23/h1-4,6-7,10,12H,5,8-9H2,(H,21,23)/t12-/m0/s1. The second-order valence-corrected chi connectivity index (χ2v) is 6.96. The van der Waals surface area contributed by atoms with Crippen LogP contribution in [0.2, 0.25) is 5.02 Å². The van der Waals surface area contributed by atoms with Gasteiger partial charge in [0.05, 0.1) is 5.02 Å². The van der Waals surface area contributed by atoms with Gasteiger partial charge in [0.15, 0.2) is 0 Å². The number of anilines is 1. The van der Waals surface area contributed by atoms with E-state index in [1.807, 2.05) is 24.3 Å². The molecule has 0 fully saturated rings. The molecule has 0 unspecified atom stereocenters. The smallest absolute Gasteiger partial charge is 0.311 e. The van der Waals surface area contributed by atoms with Crippen LogP contribution in [-0.4, -0.2) is 11.9 Å². The van der Waals surface area contributed by atoms with E-state index in [1.165, 1.54) is 0 Å². The van der Waals surface area contributed by atoms with Gasteiger partial charge in [-0.15, -0.1) is 0 Å². The third-order valence-corrected chi connectivity index (χ3v) is 4.72. The molecule has 0 aliphatic carbocycles. The number of para-hydroxylation sites is 1. The Hall–Kier alpha value is -1.85. The molecule has 0 saturated heterocycles. The van der Waals surface area contributed by atoms with E-state index in [0.717, 1.165) is 15.7 Å². The molecule has 0 radical (unpaired) electrons. The highest BCUT2D eigenvalue weighted by Crippen LogP contribution is 2.30. The first kappa shape index (κ1) is 17.0. The first-order valence-electron chi connectivity index (χ1n) is 7.57. The maximum absolute atomic E-state index is 12.1. The van der Waals surface area contributed by atoms with E-state index in [4.69, 9.17) is 16.3 Å². The molecule has 2 aromatic carbocycles. The Morgan fingerprint density at radius 1 is 1.29 bits per heavy atom. The molecule has 6 heteroatoms. The van der Waals surface area contributed by atoms with E-state index in [1.54, 1.807) is 18.2 Å². The maximum atomic E-state index is 12.1. The van der Waals surface area contributed by atoms with Crippen molar-refractivity contribution >= 4 is 45.1 Å². The van der Waals surface area contributed by atoms with Crippen LogP contribution in [0.4, 0.5) is 5.69 Å². The summed E-state index contributed by atoms with van der Waals surface area (Å²) < 4.78 is 6.08. The van der Waals surface area contributed by atoms with E-state index in [0.29, 0.717) is 23.6 Å². The second-order valence-electron chi connectivity index (χ2n) is 5.63. The van der Waals surface area contributed by atoms with Crippen molar-refractivity contribution in [2.24, 2.45) is 5.92 Å². The summed E-state index contributed by atoms with van der Waals surface area (Å²) in [6, 6.07) is 12.7. The van der Waals surface area contributed by atoms with Gasteiger partial charge in [0, 0.05) is 22.5 Å². The summed E-state index contributed by atoms with van der Waals surface area (Å²) in [7, 11) is 0. The molecule has 0 aromatic heterocycles. The fourth-order valence-electron chi connectivity index (χ4n) is 2.67. The predicted molar refractivity (Wildman–Crippen MR) is 96.3 cm³/mol. The van der Waals surface area contributed by atoms with Gasteiger partial charge < -0.3 is 10.1 Å². The Labute approximate surface area is 153 Å². The van der Waals surface area contributed by atoms with E-state index >= 15 is 0 Å². The zero-order valence-corrected chi connectivity index (χ0v) is 15.1. The van der Waals surface area contributed by atoms with Gasteiger partial charge in [-0.1, -0.05) is 45.7 Å². The van der Waals surface area contributed by atoms with Gasteiger partial charge >= 0.3 is 5.97 Å². The number of hydrogen-bond donors (Lipinski definition) is 1. The van der Waals surface area contributed by atoms with Crippen LogP contribution in [0.5, 0.6) is 5.75 Å². The van der Waals surface area contributed by atoms with Crippen LogP contribution in [0.1, 0.15) is 18.4 Å². The molecular weight excluding hydrogens is 394 g/mol. The molecule has 0 bridgehead atoms. The molecule has 124 valence electrons. The summed E-state index contributed by atoms with van der Waals surface area (Å²) in [5.74, 6) is -0.356. The lowest BCUT2D eigenvalue weighted by Crippen LogP contribution is -2.30. The minimum absolute atomic E-state index is 0.0526. The van der Waals surface area contributed by atoms with Crippen LogP contribution in [0.15, 0.2) is 46.9 Å². The highest BCUT2D eigenvalue weighted by molar-refractivity contribution is 9.10. The lowest BCUT2D eigenvalue weighted by Gasteiger charge is -2.24. The van der Waals surface area contributed by atoms with Gasteiger partial charge in [-0.05, 0) is 42.7 Å². The number of amides is 1. The highest BCUT2D eigenvalue weighted by Gasteiger charge is 2.26. The SMILES string of the molecule is O=C(CC[C@H]1Cc2ccccc2NC1=O)Oc1ccc(Br)cc1Cl. The van der Waals surface area contributed by atoms with Crippen molar-refractivity contribution in [2.45, 2.75) is 19.3 Å². The lowest BCUT2D eigenvalue weighted by molar-refractivity contribution is -0.134. The Bertz CT molecular complexity index is 794. The Balaban J connectivity index is 1.57. The van der Waals surface area contributed by atoms with Crippen molar-refractivity contribution < 1.29 is 14.3 Å². The Morgan fingerprint density at radius 2 is 2.08 bits per heavy atom. The monoisotopic (exact) mass is 407 g/mol. The molecule has 1 aliphatic rings. The molecule has 1 heterocycles. The molecule has 24 heavy (non-hydrogen) atoms. The number of carbonyl (C=O) groups is 2. The van der Waals surface area contributed by atoms with Gasteiger partial charge in [0.25, 0.3) is 0 Å². The number of halogens is 2. The molecule has 4 nitrogen and oxygen atoms in total. The summed E-state index contributed by atoms with van der Waals surface area (Å²) >= 11 is 9.33. The summed E-state index contributed by atoms with van der Waals surface area (Å²) in [5.41, 5.74) is 1.94. The van der Waals surface area contributed by atoms with Crippen LogP contribution in [-0.2, 0) is 16.0 Å². The summed E-state index contributed by atoms with van der Waals surface area (Å²) in [5, 5.41) is 3.24. The fraction of sp³-hybridized carbons (Fsp3) is 0.222. The Morgan fingerprint density at radius 3 is 2.88 bits per heavy atom. The van der Waals surface area contributed by atoms with Crippen molar-refractivity contribution in [2.75, 3.05) is 5.32 Å². The minimum atomic E-state index is -0.397. The van der Waals surface area contributed by atoms with Crippen LogP contribution in [0.3, 0.4) is 0 Å². The van der Waals surface area contributed by atoms with E-state index in [9.17, 15) is 9.59 Å². The van der Waals surface area contributed by atoms with E-state index in [2.05, 4.69) is 21.2 Å². The molecule has 2 aromatic rings. The third kappa shape index (κ3) is 3.97. The number of benzene rings is 2. The summed E-state index contributed by atoms with van der Waals surface area (Å²) in [6.07, 6.45) is 1.23. The molecule has 0 saturated carbocycles. The topological polar surface area (TPSA) is 55.4 Å². The van der Waals surface area contributed by atoms with Gasteiger partial charge in [-0.25, -0.2) is 0 Å². The first-order chi connectivity index (χ1) is 11.5. The van der Waals surface area contributed by atoms with E-state index in [-0.39, 0.29) is 18.2 Å². The third-order valence-electron chi connectivity index (χ3n) is 3.93. The van der Waals surface area contributed by atoms with Crippen molar-refractivity contribution in [3.8, 4) is 5.75 Å². The first-order valence-corrected chi connectivity index (χ1v) is 8.74. The van der Waals surface area contributed by atoms with Gasteiger partial charge in [-0.2, -0.15) is 0 Å². The number of ether oxygens (including phenoxy) is 1. The van der Waals surface area contributed by atoms with E-state index < -0.39 is 5.97 Å². The highest BCUT2D eigenvalue weighted by atomic mass is 79.9. The predicted octanol–water partition coefficient (Wildman–Crippen LogP) is 4.60. The molecule has 1 amide bonds. The van der Waals surface area contributed by atoms with Crippen LogP contribution in [0.25, 0.3) is 0 Å². The molecule has 1 aliphatic heterocycles. The average Bonchev–Trinajstić information content (AvgIpc) is 2.55. The number of fused-ring (bicyclic) bond motifs is 1. The van der Waals surface area contributed by atoms with Crippen molar-refractivity contribution in [1.29, 1.82) is 0 Å². The van der Waals surface area contributed by atoms with Crippen LogP contribution in [0, 0.1) is 5.92 Å². The minimum Gasteiger partial charge on any atom is -0.425 e. The largest absolute Gasteiger partial charge is 0.425 e. The number of carbonyl (C=O) groups excluding carboxylic acids is 2. The fourth-order valence-corrected chi connectivity index (χ4v) is 3.38. The van der Waals surface area contributed by atoms with Crippen LogP contribution >= 0.6 is 27.5 Å². The van der Waals surface area contributed by atoms with Crippen molar-refractivity contribution in [1.82, 2.24) is 0 Å². The van der Waals surface area contributed by atoms with Crippen LogP contribution < -0.4 is 10.1 Å². The summed E-state index contributed by atoms with van der Waals surface area (Å²) in [6.45, 7) is 0. The molecule has 1 atom stereocenters. The number of esters is 1. The second kappa shape index (κ2) is 7.36. The molecular formula is C18H15BrClNO3. The summed E-state index contributed by atoms with van der Waals surface area (Å²) in [4.78, 5) is 24.2. The molecule has 0 spiro atoms. The van der Waals surface area contributed by atoms with Crippen molar-refractivity contribution in [3.05, 3.63) is 57.5 Å². The van der Waals surface area contributed by atoms with Gasteiger partial charge in [0.1, 0.15) is 5.75 Å². The molecule has 3 rings (SSSR count). The lowest BCUT2D eigenvalue weighted by atomic mass is 9.90. The molecule has 1 N–H and O–H groups in total. The van der Waals surface area contributed by atoms with Gasteiger partial charge in [-0.3, -0.25) is 9.59 Å². The number of hydrogen-bond acceptors (Lipinski definition) is 3. The normalized spacial score (nSPS) is 16.2. The zero-order valence-electron chi connectivity index (χ0n) is 12.7.